The van der Waals surface area contributed by atoms with Crippen LogP contribution in [-0.4, -0.2) is 24.2 Å². The number of carbonyl (C=O) groups excluding carboxylic acids is 1. The van der Waals surface area contributed by atoms with E-state index in [4.69, 9.17) is 0 Å². The van der Waals surface area contributed by atoms with E-state index in [1.54, 1.807) is 42.6 Å². The molecule has 0 aromatic heterocycles. The second-order valence-corrected chi connectivity index (χ2v) is 4.15. The highest BCUT2D eigenvalue weighted by atomic mass is 16.6. The van der Waals surface area contributed by atoms with Crippen LogP contribution in [0, 0.1) is 10.1 Å². The van der Waals surface area contributed by atoms with E-state index in [0.29, 0.717) is 11.3 Å². The van der Waals surface area contributed by atoms with Gasteiger partial charge in [-0.05, 0) is 29.8 Å². The number of nitro groups is 1. The number of methoxy groups -OCH3 is 1. The Kier molecular flexibility index (Phi) is 4.40. The van der Waals surface area contributed by atoms with Gasteiger partial charge in [0, 0.05) is 18.3 Å². The second kappa shape index (κ2) is 6.42. The van der Waals surface area contributed by atoms with Crippen molar-refractivity contribution in [3.8, 4) is 0 Å². The number of nitro benzene ring substituents is 1. The fourth-order valence-corrected chi connectivity index (χ4v) is 1.63. The standard InChI is InChI=1S/C15H12N2O4/c1-21-15(18)12-4-2-11(3-5-12)10-16-13-6-8-14(9-7-13)17(19)20/h2-10H,1H3. The lowest BCUT2D eigenvalue weighted by molar-refractivity contribution is -0.384. The molecule has 2 aromatic carbocycles. The van der Waals surface area contributed by atoms with Gasteiger partial charge in [0.1, 0.15) is 0 Å². The number of aliphatic imine (C=N–C) groups is 1. The number of ether oxygens (including phenoxy) is 1. The van der Waals surface area contributed by atoms with Crippen molar-refractivity contribution in [2.45, 2.75) is 0 Å². The maximum Gasteiger partial charge on any atom is 0.337 e. The topological polar surface area (TPSA) is 81.8 Å². The van der Waals surface area contributed by atoms with Crippen LogP contribution in [-0.2, 0) is 4.74 Å². The zero-order valence-corrected chi connectivity index (χ0v) is 11.2. The summed E-state index contributed by atoms with van der Waals surface area (Å²) in [6.45, 7) is 0. The molecule has 0 saturated heterocycles. The van der Waals surface area contributed by atoms with Gasteiger partial charge in [0.25, 0.3) is 5.69 Å². The summed E-state index contributed by atoms with van der Waals surface area (Å²) in [6, 6.07) is 12.7. The molecule has 0 aliphatic heterocycles. The lowest BCUT2D eigenvalue weighted by atomic mass is 10.1. The highest BCUT2D eigenvalue weighted by Crippen LogP contribution is 2.17. The highest BCUT2D eigenvalue weighted by molar-refractivity contribution is 5.90. The molecule has 21 heavy (non-hydrogen) atoms. The minimum absolute atomic E-state index is 0.0244. The first kappa shape index (κ1) is 14.4. The predicted molar refractivity (Wildman–Crippen MR) is 78.1 cm³/mol. The second-order valence-electron chi connectivity index (χ2n) is 4.15. The normalized spacial score (nSPS) is 10.5. The van der Waals surface area contributed by atoms with Gasteiger partial charge in [0.15, 0.2) is 0 Å². The number of hydrogen-bond donors (Lipinski definition) is 0. The van der Waals surface area contributed by atoms with Crippen molar-refractivity contribution in [2.75, 3.05) is 7.11 Å². The monoisotopic (exact) mass is 284 g/mol. The Morgan fingerprint density at radius 1 is 1.14 bits per heavy atom. The molecule has 0 N–H and O–H groups in total. The molecular formula is C15H12N2O4. The first-order valence-corrected chi connectivity index (χ1v) is 6.07. The van der Waals surface area contributed by atoms with Gasteiger partial charge < -0.3 is 4.74 Å². The number of carbonyl (C=O) groups is 1. The minimum Gasteiger partial charge on any atom is -0.465 e. The smallest absolute Gasteiger partial charge is 0.337 e. The van der Waals surface area contributed by atoms with Crippen LogP contribution in [0.3, 0.4) is 0 Å². The minimum atomic E-state index is -0.459. The van der Waals surface area contributed by atoms with E-state index in [2.05, 4.69) is 9.73 Å². The molecule has 0 aliphatic rings. The van der Waals surface area contributed by atoms with Gasteiger partial charge in [-0.25, -0.2) is 4.79 Å². The van der Waals surface area contributed by atoms with Crippen molar-refractivity contribution in [1.29, 1.82) is 0 Å². The van der Waals surface area contributed by atoms with Gasteiger partial charge in [-0.15, -0.1) is 0 Å². The number of rotatable bonds is 4. The fourth-order valence-electron chi connectivity index (χ4n) is 1.63. The van der Waals surface area contributed by atoms with Crippen molar-refractivity contribution >= 4 is 23.6 Å². The SMILES string of the molecule is COC(=O)c1ccc(C=Nc2ccc([N+](=O)[O-])cc2)cc1. The van der Waals surface area contributed by atoms with Crippen LogP contribution in [0.25, 0.3) is 0 Å². The number of benzene rings is 2. The van der Waals surface area contributed by atoms with Gasteiger partial charge >= 0.3 is 5.97 Å². The van der Waals surface area contributed by atoms with E-state index in [-0.39, 0.29) is 5.69 Å². The summed E-state index contributed by atoms with van der Waals surface area (Å²) in [5, 5.41) is 10.5. The molecule has 0 amide bonds. The average Bonchev–Trinajstić information content (AvgIpc) is 2.53. The van der Waals surface area contributed by atoms with Crippen LogP contribution in [0.4, 0.5) is 11.4 Å². The molecule has 2 rings (SSSR count). The first-order valence-electron chi connectivity index (χ1n) is 6.07. The molecule has 0 aliphatic carbocycles. The molecule has 0 heterocycles. The summed E-state index contributed by atoms with van der Waals surface area (Å²) < 4.78 is 4.61. The molecule has 0 bridgehead atoms. The zero-order chi connectivity index (χ0) is 15.2. The molecule has 6 heteroatoms. The molecular weight excluding hydrogens is 272 g/mol. The molecule has 6 nitrogen and oxygen atoms in total. The van der Waals surface area contributed by atoms with Crippen LogP contribution >= 0.6 is 0 Å². The van der Waals surface area contributed by atoms with Crippen molar-refractivity contribution in [1.82, 2.24) is 0 Å². The molecule has 106 valence electrons. The highest BCUT2D eigenvalue weighted by Gasteiger charge is 2.04. The molecule has 0 atom stereocenters. The molecule has 2 aromatic rings. The van der Waals surface area contributed by atoms with Crippen molar-refractivity contribution in [3.05, 3.63) is 69.8 Å². The Morgan fingerprint density at radius 2 is 1.76 bits per heavy atom. The first-order chi connectivity index (χ1) is 10.1. The third-order valence-electron chi connectivity index (χ3n) is 2.76. The summed E-state index contributed by atoms with van der Waals surface area (Å²) in [5.74, 6) is -0.395. The third kappa shape index (κ3) is 3.73. The van der Waals surface area contributed by atoms with Gasteiger partial charge in [-0.3, -0.25) is 15.1 Å². The Balaban J connectivity index is 2.10. The average molecular weight is 284 g/mol. The van der Waals surface area contributed by atoms with E-state index >= 15 is 0 Å². The van der Waals surface area contributed by atoms with E-state index < -0.39 is 10.9 Å². The summed E-state index contributed by atoms with van der Waals surface area (Å²) in [7, 11) is 1.33. The van der Waals surface area contributed by atoms with E-state index in [1.165, 1.54) is 19.2 Å². The quantitative estimate of drug-likeness (QED) is 0.374. The van der Waals surface area contributed by atoms with E-state index in [0.717, 1.165) is 5.56 Å². The Morgan fingerprint density at radius 3 is 2.29 bits per heavy atom. The third-order valence-corrected chi connectivity index (χ3v) is 2.76. The summed E-state index contributed by atoms with van der Waals surface area (Å²) >= 11 is 0. The summed E-state index contributed by atoms with van der Waals surface area (Å²) in [6.07, 6.45) is 1.61. The van der Waals surface area contributed by atoms with Crippen LogP contribution in [0.15, 0.2) is 53.5 Å². The van der Waals surface area contributed by atoms with Crippen molar-refractivity contribution in [2.24, 2.45) is 4.99 Å². The number of hydrogen-bond acceptors (Lipinski definition) is 5. The molecule has 0 radical (unpaired) electrons. The maximum atomic E-state index is 11.3. The lowest BCUT2D eigenvalue weighted by Crippen LogP contribution is -2.00. The van der Waals surface area contributed by atoms with Gasteiger partial charge in [0.2, 0.25) is 0 Å². The summed E-state index contributed by atoms with van der Waals surface area (Å²) in [5.41, 5.74) is 1.90. The van der Waals surface area contributed by atoms with Crippen molar-refractivity contribution in [3.63, 3.8) is 0 Å². The zero-order valence-electron chi connectivity index (χ0n) is 11.2. The Bertz CT molecular complexity index is 676. The molecule has 0 spiro atoms. The van der Waals surface area contributed by atoms with Gasteiger partial charge in [-0.2, -0.15) is 0 Å². The Hall–Kier alpha value is -3.02. The van der Waals surface area contributed by atoms with Crippen LogP contribution < -0.4 is 0 Å². The molecule has 0 fully saturated rings. The fraction of sp³-hybridized carbons (Fsp3) is 0.0667. The van der Waals surface area contributed by atoms with Gasteiger partial charge in [-0.1, -0.05) is 12.1 Å². The van der Waals surface area contributed by atoms with Crippen LogP contribution in [0.2, 0.25) is 0 Å². The van der Waals surface area contributed by atoms with E-state index in [9.17, 15) is 14.9 Å². The number of non-ortho nitro benzene ring substituents is 1. The lowest BCUT2D eigenvalue weighted by Gasteiger charge is -1.99. The number of esters is 1. The van der Waals surface area contributed by atoms with Crippen LogP contribution in [0.5, 0.6) is 0 Å². The number of nitrogens with zero attached hydrogens (tertiary/aromatic N) is 2. The largest absolute Gasteiger partial charge is 0.465 e. The van der Waals surface area contributed by atoms with Gasteiger partial charge in [0.05, 0.1) is 23.3 Å². The predicted octanol–water partition coefficient (Wildman–Crippen LogP) is 3.13. The Labute approximate surface area is 120 Å². The molecule has 0 unspecified atom stereocenters. The maximum absolute atomic E-state index is 11.3. The van der Waals surface area contributed by atoms with Crippen molar-refractivity contribution < 1.29 is 14.5 Å². The summed E-state index contributed by atoms with van der Waals surface area (Å²) in [4.78, 5) is 25.6. The molecule has 0 saturated carbocycles. The van der Waals surface area contributed by atoms with Crippen LogP contribution in [0.1, 0.15) is 15.9 Å². The van der Waals surface area contributed by atoms with E-state index in [1.807, 2.05) is 0 Å².